The predicted molar refractivity (Wildman–Crippen MR) is 51.5 cm³/mol. The van der Waals surface area contributed by atoms with Gasteiger partial charge in [-0.1, -0.05) is 6.07 Å². The molecule has 0 aliphatic carbocycles. The van der Waals surface area contributed by atoms with Crippen LogP contribution in [0.1, 0.15) is 10.5 Å². The Kier molecular flexibility index (Phi) is 1.72. The summed E-state index contributed by atoms with van der Waals surface area (Å²) in [6.07, 6.45) is 0. The predicted octanol–water partition coefficient (Wildman–Crippen LogP) is 2.42. The first kappa shape index (κ1) is 8.32. The first-order chi connectivity index (χ1) is 6.70. The lowest BCUT2D eigenvalue weighted by atomic mass is 10.2. The number of nitrogens with zero attached hydrogens (tertiary/aromatic N) is 1. The largest absolute Gasteiger partial charge is 0.477 e. The minimum absolute atomic E-state index is 0.141. The third kappa shape index (κ3) is 1.21. The zero-order valence-electron chi connectivity index (χ0n) is 7.11. The number of fused-ring (bicyclic) bond motifs is 1. The zero-order valence-corrected chi connectivity index (χ0v) is 7.11. The fourth-order valence-corrected chi connectivity index (χ4v) is 1.30. The number of rotatable bonds is 1. The number of carbonyl (C=O) groups is 1. The first-order valence-electron chi connectivity index (χ1n) is 3.94. The summed E-state index contributed by atoms with van der Waals surface area (Å²) >= 11 is 0. The van der Waals surface area contributed by atoms with Crippen molar-refractivity contribution in [2.75, 3.05) is 0 Å². The van der Waals surface area contributed by atoms with Gasteiger partial charge in [0.05, 0.1) is 6.57 Å². The third-order valence-electron chi connectivity index (χ3n) is 1.96. The number of benzene rings is 1. The molecule has 14 heavy (non-hydrogen) atoms. The Balaban J connectivity index is 2.67. The Morgan fingerprint density at radius 3 is 2.86 bits per heavy atom. The van der Waals surface area contributed by atoms with E-state index in [1.54, 1.807) is 18.2 Å². The molecular weight excluding hydrogens is 180 g/mol. The Morgan fingerprint density at radius 2 is 2.21 bits per heavy atom. The third-order valence-corrected chi connectivity index (χ3v) is 1.96. The van der Waals surface area contributed by atoms with Gasteiger partial charge in [-0.25, -0.2) is 9.64 Å². The fraction of sp³-hybridized carbons (Fsp3) is 0. The van der Waals surface area contributed by atoms with Gasteiger partial charge in [-0.2, -0.15) is 0 Å². The topological polar surface area (TPSA) is 57.5 Å². The molecule has 0 aliphatic rings. The molecule has 1 aromatic heterocycles. The molecule has 0 aliphatic heterocycles. The van der Waals surface area contributed by atoms with E-state index in [4.69, 9.17) is 11.7 Å². The molecule has 1 aromatic carbocycles. The van der Waals surface area contributed by atoms with Gasteiger partial charge in [0.2, 0.25) is 0 Å². The quantitative estimate of drug-likeness (QED) is 0.672. The lowest BCUT2D eigenvalue weighted by Gasteiger charge is -1.88. The molecule has 0 saturated heterocycles. The van der Waals surface area contributed by atoms with Gasteiger partial charge in [0.25, 0.3) is 0 Å². The summed E-state index contributed by atoms with van der Waals surface area (Å²) in [5, 5.41) is 9.47. The highest BCUT2D eigenvalue weighted by Crippen LogP contribution is 2.21. The number of nitrogens with one attached hydrogen (secondary N) is 1. The Labute approximate surface area is 79.6 Å². The summed E-state index contributed by atoms with van der Waals surface area (Å²) in [5.41, 5.74) is 1.38. The standard InChI is InChI=1S/C10H6N2O2/c1-11-7-2-3-8-6(4-7)5-9(12-8)10(13)14/h2-5,12H,(H,13,14). The van der Waals surface area contributed by atoms with Crippen molar-refractivity contribution in [3.8, 4) is 0 Å². The maximum absolute atomic E-state index is 10.6. The minimum Gasteiger partial charge on any atom is -0.477 e. The highest BCUT2D eigenvalue weighted by atomic mass is 16.4. The summed E-state index contributed by atoms with van der Waals surface area (Å²) in [7, 11) is 0. The molecule has 4 nitrogen and oxygen atoms in total. The first-order valence-corrected chi connectivity index (χ1v) is 3.94. The normalized spacial score (nSPS) is 9.93. The molecule has 0 radical (unpaired) electrons. The SMILES string of the molecule is [C-]#[N+]c1ccc2[nH]c(C(=O)O)cc2c1. The van der Waals surface area contributed by atoms with E-state index in [2.05, 4.69) is 9.83 Å². The van der Waals surface area contributed by atoms with Crippen LogP contribution in [0.3, 0.4) is 0 Å². The van der Waals surface area contributed by atoms with Crippen molar-refractivity contribution in [3.05, 3.63) is 41.4 Å². The number of aromatic amines is 1. The van der Waals surface area contributed by atoms with Crippen molar-refractivity contribution < 1.29 is 9.90 Å². The molecule has 68 valence electrons. The number of hydrogen-bond donors (Lipinski definition) is 2. The van der Waals surface area contributed by atoms with Crippen LogP contribution in [-0.4, -0.2) is 16.1 Å². The van der Waals surface area contributed by atoms with Crippen molar-refractivity contribution in [1.29, 1.82) is 0 Å². The minimum atomic E-state index is -0.995. The van der Waals surface area contributed by atoms with Crippen LogP contribution in [0.5, 0.6) is 0 Å². The maximum atomic E-state index is 10.6. The van der Waals surface area contributed by atoms with Crippen LogP contribution >= 0.6 is 0 Å². The lowest BCUT2D eigenvalue weighted by Crippen LogP contribution is -1.94. The average molecular weight is 186 g/mol. The van der Waals surface area contributed by atoms with Gasteiger partial charge in [-0.15, -0.1) is 0 Å². The molecule has 0 bridgehead atoms. The van der Waals surface area contributed by atoms with Crippen molar-refractivity contribution in [2.45, 2.75) is 0 Å². The Bertz CT molecular complexity index is 549. The van der Waals surface area contributed by atoms with Crippen molar-refractivity contribution in [3.63, 3.8) is 0 Å². The smallest absolute Gasteiger partial charge is 0.352 e. The van der Waals surface area contributed by atoms with Gasteiger partial charge in [0.15, 0.2) is 5.69 Å². The van der Waals surface area contributed by atoms with Crippen LogP contribution in [0.4, 0.5) is 5.69 Å². The monoisotopic (exact) mass is 186 g/mol. The molecule has 1 heterocycles. The van der Waals surface area contributed by atoms with Gasteiger partial charge in [0.1, 0.15) is 5.69 Å². The highest BCUT2D eigenvalue weighted by molar-refractivity contribution is 5.94. The van der Waals surface area contributed by atoms with Gasteiger partial charge >= 0.3 is 5.97 Å². The number of H-pyrrole nitrogens is 1. The van der Waals surface area contributed by atoms with Gasteiger partial charge in [-0.3, -0.25) is 0 Å². The summed E-state index contributed by atoms with van der Waals surface area (Å²) in [6, 6.07) is 6.53. The van der Waals surface area contributed by atoms with E-state index in [9.17, 15) is 4.79 Å². The second-order valence-electron chi connectivity index (χ2n) is 2.87. The summed E-state index contributed by atoms with van der Waals surface area (Å²) in [4.78, 5) is 16.6. The Hall–Kier alpha value is -2.28. The molecule has 0 saturated carbocycles. The molecule has 4 heteroatoms. The molecule has 2 rings (SSSR count). The molecule has 2 N–H and O–H groups in total. The van der Waals surface area contributed by atoms with Crippen LogP contribution in [0.15, 0.2) is 24.3 Å². The second-order valence-corrected chi connectivity index (χ2v) is 2.87. The van der Waals surface area contributed by atoms with Crippen molar-refractivity contribution in [1.82, 2.24) is 4.98 Å². The number of aromatic carboxylic acids is 1. The van der Waals surface area contributed by atoms with Crippen LogP contribution < -0.4 is 0 Å². The number of hydrogen-bond acceptors (Lipinski definition) is 1. The van der Waals surface area contributed by atoms with E-state index < -0.39 is 5.97 Å². The summed E-state index contributed by atoms with van der Waals surface area (Å²) < 4.78 is 0. The summed E-state index contributed by atoms with van der Waals surface area (Å²) in [5.74, 6) is -0.995. The van der Waals surface area contributed by atoms with E-state index >= 15 is 0 Å². The molecule has 0 amide bonds. The number of carboxylic acid groups (broad SMARTS) is 1. The summed E-state index contributed by atoms with van der Waals surface area (Å²) in [6.45, 7) is 6.81. The van der Waals surface area contributed by atoms with Crippen LogP contribution in [0.25, 0.3) is 15.7 Å². The van der Waals surface area contributed by atoms with Crippen LogP contribution in [0.2, 0.25) is 0 Å². The Morgan fingerprint density at radius 1 is 1.43 bits per heavy atom. The number of carboxylic acids is 1. The molecule has 2 aromatic rings. The zero-order chi connectivity index (χ0) is 10.1. The number of aromatic nitrogens is 1. The average Bonchev–Trinajstić information content (AvgIpc) is 2.59. The molecular formula is C10H6N2O2. The van der Waals surface area contributed by atoms with Gasteiger partial charge in [-0.05, 0) is 23.6 Å². The second kappa shape index (κ2) is 2.89. The van der Waals surface area contributed by atoms with E-state index in [1.807, 2.05) is 0 Å². The maximum Gasteiger partial charge on any atom is 0.352 e. The molecule has 0 atom stereocenters. The molecule has 0 fully saturated rings. The van der Waals surface area contributed by atoms with Crippen LogP contribution in [0, 0.1) is 6.57 Å². The van der Waals surface area contributed by atoms with Crippen LogP contribution in [-0.2, 0) is 0 Å². The van der Waals surface area contributed by atoms with E-state index in [0.29, 0.717) is 5.69 Å². The van der Waals surface area contributed by atoms with Gasteiger partial charge in [0, 0.05) is 5.52 Å². The lowest BCUT2D eigenvalue weighted by molar-refractivity contribution is 0.0691. The fourth-order valence-electron chi connectivity index (χ4n) is 1.30. The van der Waals surface area contributed by atoms with Gasteiger partial charge < -0.3 is 10.1 Å². The highest BCUT2D eigenvalue weighted by Gasteiger charge is 2.06. The van der Waals surface area contributed by atoms with E-state index in [0.717, 1.165) is 10.9 Å². The van der Waals surface area contributed by atoms with E-state index in [-0.39, 0.29) is 5.69 Å². The van der Waals surface area contributed by atoms with Crippen molar-refractivity contribution in [2.24, 2.45) is 0 Å². The molecule has 0 spiro atoms. The van der Waals surface area contributed by atoms with E-state index in [1.165, 1.54) is 6.07 Å². The van der Waals surface area contributed by atoms with Crippen molar-refractivity contribution >= 4 is 22.6 Å². The molecule has 0 unspecified atom stereocenters.